The van der Waals surface area contributed by atoms with Gasteiger partial charge in [-0.15, -0.1) is 0 Å². The number of rotatable bonds is 10. The summed E-state index contributed by atoms with van der Waals surface area (Å²) >= 11 is 0. The van der Waals surface area contributed by atoms with Gasteiger partial charge >= 0.3 is 0 Å². The van der Waals surface area contributed by atoms with E-state index in [4.69, 9.17) is 9.47 Å². The first-order valence-corrected chi connectivity index (χ1v) is 21.9. The van der Waals surface area contributed by atoms with E-state index in [0.717, 1.165) is 55.6 Å². The van der Waals surface area contributed by atoms with Crippen molar-refractivity contribution in [3.8, 4) is 67.5 Å². The molecule has 0 saturated heterocycles. The summed E-state index contributed by atoms with van der Waals surface area (Å²) in [5.41, 5.74) is 13.7. The Morgan fingerprint density at radius 1 is 0.381 bits per heavy atom. The largest absolute Gasteiger partial charge is 0.507 e. The number of hydrogen-bond acceptors (Lipinski definition) is 4. The third-order valence-electron chi connectivity index (χ3n) is 11.6. The van der Waals surface area contributed by atoms with Gasteiger partial charge in [0.25, 0.3) is 0 Å². The first-order valence-electron chi connectivity index (χ1n) is 21.9. The lowest BCUT2D eigenvalue weighted by molar-refractivity contribution is 0.248. The molecule has 0 spiro atoms. The normalized spacial score (nSPS) is 12.0. The Kier molecular flexibility index (Phi) is 15.2. The zero-order chi connectivity index (χ0) is 44.7. The van der Waals surface area contributed by atoms with Crippen molar-refractivity contribution in [3.63, 3.8) is 0 Å². The van der Waals surface area contributed by atoms with Gasteiger partial charge in [0, 0.05) is 39.8 Å². The average Bonchev–Trinajstić information content (AvgIpc) is 3.18. The van der Waals surface area contributed by atoms with Crippen molar-refractivity contribution in [1.82, 2.24) is 0 Å². The van der Waals surface area contributed by atoms with E-state index in [-0.39, 0.29) is 48.0 Å². The molecule has 336 valence electrons. The van der Waals surface area contributed by atoms with Crippen LogP contribution in [0.25, 0.3) is 44.5 Å². The third-order valence-corrected chi connectivity index (χ3v) is 11.6. The molecule has 0 unspecified atom stereocenters. The van der Waals surface area contributed by atoms with Gasteiger partial charge in [-0.05, 0) is 116 Å². The molecule has 6 aromatic rings. The average molecular weight is 849 g/mol. The van der Waals surface area contributed by atoms with E-state index < -0.39 is 0 Å². The van der Waals surface area contributed by atoms with Gasteiger partial charge in [0.15, 0.2) is 0 Å². The second-order valence-corrected chi connectivity index (χ2v) is 21.1. The summed E-state index contributed by atoms with van der Waals surface area (Å²) in [6.45, 7) is 31.8. The highest BCUT2D eigenvalue weighted by Gasteiger charge is 2.25. The van der Waals surface area contributed by atoms with Crippen LogP contribution in [-0.4, -0.2) is 23.4 Å². The summed E-state index contributed by atoms with van der Waals surface area (Å²) in [5, 5.41) is 24.0. The summed E-state index contributed by atoms with van der Waals surface area (Å²) in [6, 6.07) is 37.6. The number of phenols is 2. The highest BCUT2D eigenvalue weighted by Crippen LogP contribution is 2.46. The molecule has 0 atom stereocenters. The maximum Gasteiger partial charge on any atom is 0.131 e. The number of hydrogen-bond donors (Lipinski definition) is 2. The molecule has 0 amide bonds. The predicted molar refractivity (Wildman–Crippen MR) is 271 cm³/mol. The van der Waals surface area contributed by atoms with Gasteiger partial charge in [0.1, 0.15) is 23.0 Å². The third kappa shape index (κ3) is 11.6. The molecule has 0 aromatic heterocycles. The smallest absolute Gasteiger partial charge is 0.131 e. The van der Waals surface area contributed by atoms with Crippen LogP contribution in [0, 0.1) is 13.8 Å². The highest BCUT2D eigenvalue weighted by molar-refractivity contribution is 5.87. The molecule has 6 rings (SSSR count). The zero-order valence-electron chi connectivity index (χ0n) is 39.2. The Bertz CT molecular complexity index is 2290. The molecule has 0 fully saturated rings. The van der Waals surface area contributed by atoms with Crippen molar-refractivity contribution >= 4 is 0 Å². The molecule has 0 aliphatic carbocycles. The molecule has 0 saturated carbocycles. The van der Waals surface area contributed by atoms with Crippen molar-refractivity contribution in [2.24, 2.45) is 0 Å². The minimum atomic E-state index is -0.0493. The fourth-order valence-corrected chi connectivity index (χ4v) is 7.76. The number of para-hydroxylation sites is 2. The van der Waals surface area contributed by atoms with Crippen molar-refractivity contribution in [1.29, 1.82) is 0 Å². The highest BCUT2D eigenvalue weighted by atomic mass is 16.5. The van der Waals surface area contributed by atoms with Crippen molar-refractivity contribution in [3.05, 3.63) is 143 Å². The van der Waals surface area contributed by atoms with Crippen LogP contribution in [0.2, 0.25) is 0 Å². The molecular formula is C59H76O4. The van der Waals surface area contributed by atoms with Crippen LogP contribution in [0.4, 0.5) is 0 Å². The Hall–Kier alpha value is -5.48. The van der Waals surface area contributed by atoms with Crippen LogP contribution in [0.15, 0.2) is 109 Å². The standard InChI is InChI=1S/C57H68O4.2CH4/c1-36-26-46(38-30-40(54(3,4)5)34-41(31-38)55(6,7)8)52(58)48(28-36)44-20-15-17-22-50(44)60-24-19-25-61-51-23-18-16-21-45(51)49-29-37(2)27-47(53(49)59)39-32-42(56(9,10)11)35-43(33-39)57(12,13)14;;/h15-18,20-23,26-35,58-59H,19,24-25H2,1-14H3;2*1H4. The molecule has 63 heavy (non-hydrogen) atoms. The lowest BCUT2D eigenvalue weighted by Crippen LogP contribution is -2.16. The molecule has 4 nitrogen and oxygen atoms in total. The SMILES string of the molecule is C.C.Cc1cc(-c2cc(C(C)(C)C)cc(C(C)(C)C)c2)c(O)c(-c2ccccc2OCCCOc2ccccc2-c2cc(C)cc(-c3cc(C(C)(C)C)cc(C(C)(C)C)c3)c2O)c1. The van der Waals surface area contributed by atoms with Crippen LogP contribution >= 0.6 is 0 Å². The lowest BCUT2D eigenvalue weighted by Gasteiger charge is -2.26. The number of benzene rings is 6. The van der Waals surface area contributed by atoms with Gasteiger partial charge in [0.05, 0.1) is 13.2 Å². The number of aryl methyl sites for hydroxylation is 2. The molecular weight excluding hydrogens is 773 g/mol. The maximum absolute atomic E-state index is 12.0. The topological polar surface area (TPSA) is 58.9 Å². The zero-order valence-corrected chi connectivity index (χ0v) is 39.2. The molecule has 6 aromatic carbocycles. The molecule has 4 heteroatoms. The minimum Gasteiger partial charge on any atom is -0.507 e. The van der Waals surface area contributed by atoms with E-state index in [0.29, 0.717) is 31.1 Å². The molecule has 0 heterocycles. The fourth-order valence-electron chi connectivity index (χ4n) is 7.76. The van der Waals surface area contributed by atoms with E-state index in [2.05, 4.69) is 145 Å². The van der Waals surface area contributed by atoms with Gasteiger partial charge in [0.2, 0.25) is 0 Å². The van der Waals surface area contributed by atoms with E-state index in [1.165, 1.54) is 22.3 Å². The molecule has 0 aliphatic rings. The van der Waals surface area contributed by atoms with Crippen molar-refractivity contribution in [2.75, 3.05) is 13.2 Å². The summed E-state index contributed by atoms with van der Waals surface area (Å²) in [5.74, 6) is 1.89. The summed E-state index contributed by atoms with van der Waals surface area (Å²) in [7, 11) is 0. The Balaban J connectivity index is 0.00000436. The Labute approximate surface area is 381 Å². The van der Waals surface area contributed by atoms with E-state index in [1.54, 1.807) is 0 Å². The van der Waals surface area contributed by atoms with Crippen LogP contribution in [0.1, 0.15) is 138 Å². The van der Waals surface area contributed by atoms with E-state index in [1.807, 2.05) is 60.7 Å². The second kappa shape index (κ2) is 19.1. The number of ether oxygens (including phenoxy) is 2. The molecule has 2 N–H and O–H groups in total. The lowest BCUT2D eigenvalue weighted by atomic mass is 9.78. The first-order chi connectivity index (χ1) is 28.4. The summed E-state index contributed by atoms with van der Waals surface area (Å²) in [4.78, 5) is 0. The monoisotopic (exact) mass is 849 g/mol. The summed E-state index contributed by atoms with van der Waals surface area (Å²) < 4.78 is 12.9. The van der Waals surface area contributed by atoms with Gasteiger partial charge < -0.3 is 19.7 Å². The molecule has 0 aliphatic heterocycles. The molecule has 0 bridgehead atoms. The van der Waals surface area contributed by atoms with Gasteiger partial charge in [-0.25, -0.2) is 0 Å². The number of aromatic hydroxyl groups is 2. The van der Waals surface area contributed by atoms with Crippen LogP contribution in [-0.2, 0) is 21.7 Å². The second-order valence-electron chi connectivity index (χ2n) is 21.1. The van der Waals surface area contributed by atoms with Crippen LogP contribution in [0.5, 0.6) is 23.0 Å². The minimum absolute atomic E-state index is 0. The Morgan fingerprint density at radius 2 is 0.667 bits per heavy atom. The Morgan fingerprint density at radius 3 is 0.968 bits per heavy atom. The van der Waals surface area contributed by atoms with Crippen molar-refractivity contribution < 1.29 is 19.7 Å². The van der Waals surface area contributed by atoms with E-state index in [9.17, 15) is 10.2 Å². The summed E-state index contributed by atoms with van der Waals surface area (Å²) in [6.07, 6.45) is 0.628. The van der Waals surface area contributed by atoms with Crippen molar-refractivity contribution in [2.45, 2.75) is 140 Å². The number of phenolic OH excluding ortho intramolecular Hbond substituents is 2. The quantitative estimate of drug-likeness (QED) is 0.135. The van der Waals surface area contributed by atoms with Crippen LogP contribution < -0.4 is 9.47 Å². The van der Waals surface area contributed by atoms with Gasteiger partial charge in [-0.3, -0.25) is 0 Å². The predicted octanol–water partition coefficient (Wildman–Crippen LogP) is 16.7. The first kappa shape index (κ1) is 50.2. The van der Waals surface area contributed by atoms with Crippen LogP contribution in [0.3, 0.4) is 0 Å². The van der Waals surface area contributed by atoms with E-state index >= 15 is 0 Å². The molecule has 0 radical (unpaired) electrons. The van der Waals surface area contributed by atoms with Gasteiger partial charge in [-0.2, -0.15) is 0 Å². The van der Waals surface area contributed by atoms with Gasteiger partial charge in [-0.1, -0.05) is 171 Å². The maximum atomic E-state index is 12.0. The fraction of sp³-hybridized carbons (Fsp3) is 0.390.